The summed E-state index contributed by atoms with van der Waals surface area (Å²) in [5, 5.41) is 1.77. The van der Waals surface area contributed by atoms with Crippen LogP contribution in [0.4, 0.5) is 0 Å². The van der Waals surface area contributed by atoms with E-state index >= 15 is 0 Å². The number of fused-ring (bicyclic) bond motifs is 4. The van der Waals surface area contributed by atoms with E-state index in [4.69, 9.17) is 21.2 Å². The van der Waals surface area contributed by atoms with Gasteiger partial charge < -0.3 is 4.74 Å². The van der Waals surface area contributed by atoms with Gasteiger partial charge in [0, 0.05) is 23.0 Å². The number of ether oxygens (including phenoxy) is 1. The predicted molar refractivity (Wildman–Crippen MR) is 227 cm³/mol. The van der Waals surface area contributed by atoms with Crippen molar-refractivity contribution in [3.63, 3.8) is 0 Å². The molecule has 3 heterocycles. The lowest BCUT2D eigenvalue weighted by Gasteiger charge is -2.17. The maximum absolute atomic E-state index is 9.19. The van der Waals surface area contributed by atoms with Crippen LogP contribution in [0.2, 0.25) is 0 Å². The van der Waals surface area contributed by atoms with Gasteiger partial charge in [0.05, 0.1) is 51.3 Å². The first kappa shape index (κ1) is 22.2. The number of hydrogen-bond donors (Lipinski definition) is 0. The molecule has 268 valence electrons. The summed E-state index contributed by atoms with van der Waals surface area (Å²) in [5.74, 6) is 0.923. The van der Waals surface area contributed by atoms with Crippen LogP contribution in [-0.4, -0.2) is 14.1 Å². The van der Waals surface area contributed by atoms with E-state index in [1.54, 1.807) is 57.7 Å². The number of nitrogens with zero attached hydrogens (tertiary/aromatic N) is 4. The van der Waals surface area contributed by atoms with E-state index in [1.807, 2.05) is 79.1 Å². The lowest BCUT2D eigenvalue weighted by Crippen LogP contribution is -2.31. The van der Waals surface area contributed by atoms with E-state index in [2.05, 4.69) is 11.3 Å². The van der Waals surface area contributed by atoms with Gasteiger partial charge in [-0.2, -0.15) is 0 Å². The third-order valence-corrected chi connectivity index (χ3v) is 9.71. The maximum atomic E-state index is 9.19. The molecule has 0 saturated carbocycles. The molecule has 0 amide bonds. The van der Waals surface area contributed by atoms with Crippen molar-refractivity contribution in [1.82, 2.24) is 14.1 Å². The molecule has 0 unspecified atom stereocenters. The summed E-state index contributed by atoms with van der Waals surface area (Å²) in [6, 6.07) is 27.1. The van der Waals surface area contributed by atoms with Crippen molar-refractivity contribution in [1.29, 1.82) is 0 Å². The van der Waals surface area contributed by atoms with Crippen molar-refractivity contribution in [3.05, 3.63) is 200 Å². The number of para-hydroxylation sites is 4. The Morgan fingerprint density at radius 3 is 2.05 bits per heavy atom. The van der Waals surface area contributed by atoms with Gasteiger partial charge in [-0.25, -0.2) is 4.98 Å². The SMILES string of the molecule is [2H]c1nc(-n2c3ccccc3c3ccc(Oc4cccc(-n5[c-][n+](-c6c(-c7c([2H])c([2H])c([2H])c([2H])c7[2H])cccc6-c6c([2H])c([2H])c([2H])c([2H])c6[2H])c6ccccc65)c4)cc32)c([2H])c(C(C)C)c1[2H]. The minimum absolute atomic E-state index is 0.0662. The van der Waals surface area contributed by atoms with Crippen LogP contribution in [0.1, 0.15) is 43.1 Å². The molecule has 0 aliphatic rings. The molecule has 0 radical (unpaired) electrons. The molecule has 0 bridgehead atoms. The van der Waals surface area contributed by atoms with E-state index in [0.29, 0.717) is 39.3 Å². The molecule has 0 aliphatic carbocycles. The highest BCUT2D eigenvalue weighted by molar-refractivity contribution is 6.09. The van der Waals surface area contributed by atoms with E-state index in [-0.39, 0.29) is 57.9 Å². The zero-order chi connectivity index (χ0) is 48.9. The lowest BCUT2D eigenvalue weighted by molar-refractivity contribution is -0.571. The predicted octanol–water partition coefficient (Wildman–Crippen LogP) is 12.4. The molecule has 0 saturated heterocycles. The minimum atomic E-state index is -0.584. The van der Waals surface area contributed by atoms with E-state index < -0.39 is 60.4 Å². The molecular formula is C51H38N4O. The van der Waals surface area contributed by atoms with Gasteiger partial charge in [0.25, 0.3) is 6.33 Å². The van der Waals surface area contributed by atoms with Gasteiger partial charge in [0.15, 0.2) is 0 Å². The van der Waals surface area contributed by atoms with Crippen molar-refractivity contribution < 1.29 is 27.1 Å². The first-order valence-corrected chi connectivity index (χ1v) is 18.0. The molecule has 56 heavy (non-hydrogen) atoms. The average molecular weight is 736 g/mol. The van der Waals surface area contributed by atoms with Gasteiger partial charge in [0.2, 0.25) is 0 Å². The summed E-state index contributed by atoms with van der Waals surface area (Å²) in [4.78, 5) is 4.47. The van der Waals surface area contributed by atoms with Gasteiger partial charge >= 0.3 is 0 Å². The van der Waals surface area contributed by atoms with Crippen molar-refractivity contribution in [3.8, 4) is 50.9 Å². The molecule has 5 nitrogen and oxygen atoms in total. The average Bonchev–Trinajstić information content (AvgIpc) is 3.88. The highest BCUT2D eigenvalue weighted by Gasteiger charge is 2.20. The van der Waals surface area contributed by atoms with Gasteiger partial charge in [-0.1, -0.05) is 141 Å². The molecule has 0 aliphatic heterocycles. The Bertz CT molecular complexity index is 3660. The minimum Gasteiger partial charge on any atom is -0.458 e. The monoisotopic (exact) mass is 735 g/mol. The molecule has 7 aromatic carbocycles. The molecule has 5 heteroatoms. The molecule has 10 aromatic rings. The third-order valence-electron chi connectivity index (χ3n) is 9.71. The highest BCUT2D eigenvalue weighted by atomic mass is 16.5. The summed E-state index contributed by atoms with van der Waals surface area (Å²) in [5.41, 5.74) is 3.69. The Morgan fingerprint density at radius 2 is 1.30 bits per heavy atom. The Morgan fingerprint density at radius 1 is 0.643 bits per heavy atom. The second kappa shape index (κ2) is 13.9. The molecule has 0 fully saturated rings. The number of pyridine rings is 1. The number of imidazole rings is 1. The normalized spacial score (nSPS) is 14.8. The van der Waals surface area contributed by atoms with Crippen LogP contribution in [0.15, 0.2) is 188 Å². The summed E-state index contributed by atoms with van der Waals surface area (Å²) >= 11 is 0. The fourth-order valence-corrected chi connectivity index (χ4v) is 7.15. The van der Waals surface area contributed by atoms with Gasteiger partial charge in [-0.05, 0) is 82.2 Å². The van der Waals surface area contributed by atoms with Crippen molar-refractivity contribution in [2.75, 3.05) is 0 Å². The number of hydrogen-bond acceptors (Lipinski definition) is 2. The maximum Gasteiger partial charge on any atom is 0.269 e. The lowest BCUT2D eigenvalue weighted by atomic mass is 9.95. The van der Waals surface area contributed by atoms with Crippen LogP contribution in [0.25, 0.3) is 72.3 Å². The Kier molecular flexibility index (Phi) is 5.50. The summed E-state index contributed by atoms with van der Waals surface area (Å²) in [7, 11) is 0. The number of rotatable bonds is 8. The zero-order valence-corrected chi connectivity index (χ0v) is 30.2. The van der Waals surface area contributed by atoms with Crippen molar-refractivity contribution in [2.45, 2.75) is 19.8 Å². The molecule has 0 atom stereocenters. The fourth-order valence-electron chi connectivity index (χ4n) is 7.15. The second-order valence-corrected chi connectivity index (χ2v) is 13.5. The molecule has 3 aromatic heterocycles. The Hall–Kier alpha value is -7.24. The number of benzene rings is 7. The first-order chi connectivity index (χ1) is 33.0. The van der Waals surface area contributed by atoms with Crippen molar-refractivity contribution >= 4 is 32.8 Å². The first-order valence-electron chi connectivity index (χ1n) is 24.5. The van der Waals surface area contributed by atoms with Crippen LogP contribution in [0.3, 0.4) is 0 Å². The molecular weight excluding hydrogens is 685 g/mol. The molecule has 0 spiro atoms. The quantitative estimate of drug-likeness (QED) is 0.115. The second-order valence-electron chi connectivity index (χ2n) is 13.5. The largest absolute Gasteiger partial charge is 0.458 e. The molecule has 0 N–H and O–H groups in total. The van der Waals surface area contributed by atoms with Gasteiger partial charge in [-0.3, -0.25) is 13.7 Å². The third kappa shape index (κ3) is 5.82. The van der Waals surface area contributed by atoms with E-state index in [0.717, 1.165) is 16.3 Å². The topological polar surface area (TPSA) is 35.9 Å². The highest BCUT2D eigenvalue weighted by Crippen LogP contribution is 2.37. The van der Waals surface area contributed by atoms with E-state index in [1.165, 1.54) is 0 Å². The molecule has 10 rings (SSSR count). The van der Waals surface area contributed by atoms with Crippen LogP contribution in [-0.2, 0) is 0 Å². The zero-order valence-electron chi connectivity index (χ0n) is 43.2. The summed E-state index contributed by atoms with van der Waals surface area (Å²) in [6.07, 6.45) is 3.17. The standard InChI is InChI=1S/C51H38N4O/c1-35(2)38-29-30-52-50(31-38)55-46-24-10-9-21-44(46)45-28-27-41(33-49(45)55)56-40-20-13-19-39(32-40)53-34-54(48-26-12-11-25-47(48)53)51-42(36-15-5-3-6-16-36)22-14-23-43(51)37-17-7-4-8-18-37/h3-33,35H,1-2H3/i3D,4D,5D,6D,7D,8D,15D,16D,17D,18D,29D,30D,31D. The van der Waals surface area contributed by atoms with Gasteiger partial charge in [0.1, 0.15) is 17.3 Å². The van der Waals surface area contributed by atoms with Gasteiger partial charge in [-0.15, -0.1) is 0 Å². The van der Waals surface area contributed by atoms with Crippen LogP contribution in [0, 0.1) is 6.33 Å². The summed E-state index contributed by atoms with van der Waals surface area (Å²) < 4.78 is 125. The fraction of sp³-hybridized carbons (Fsp3) is 0.0588. The Labute approximate surface area is 344 Å². The Balaban J connectivity index is 1.15. The number of aromatic nitrogens is 4. The smallest absolute Gasteiger partial charge is 0.269 e. The van der Waals surface area contributed by atoms with Crippen LogP contribution < -0.4 is 9.30 Å². The van der Waals surface area contributed by atoms with Crippen LogP contribution in [0.5, 0.6) is 11.5 Å². The van der Waals surface area contributed by atoms with Crippen molar-refractivity contribution in [2.24, 2.45) is 0 Å². The van der Waals surface area contributed by atoms with Crippen LogP contribution >= 0.6 is 0 Å². The van der Waals surface area contributed by atoms with E-state index in [9.17, 15) is 1.37 Å². The summed E-state index contributed by atoms with van der Waals surface area (Å²) in [6.45, 7) is 3.78.